The molecule has 0 spiro atoms. The maximum absolute atomic E-state index is 14.8. The summed E-state index contributed by atoms with van der Waals surface area (Å²) in [6, 6.07) is 6.80. The fourth-order valence-corrected chi connectivity index (χ4v) is 5.84. The van der Waals surface area contributed by atoms with Crippen molar-refractivity contribution < 1.29 is 26.0 Å². The first-order valence-electron chi connectivity index (χ1n) is 10.2. The molecule has 1 aromatic heterocycles. The third-order valence-corrected chi connectivity index (χ3v) is 8.27. The van der Waals surface area contributed by atoms with Gasteiger partial charge >= 0.3 is 0 Å². The molecule has 2 aromatic carbocycles. The van der Waals surface area contributed by atoms with Crippen molar-refractivity contribution in [2.45, 2.75) is 17.7 Å². The van der Waals surface area contributed by atoms with Gasteiger partial charge in [-0.25, -0.2) is 26.2 Å². The number of benzene rings is 2. The summed E-state index contributed by atoms with van der Waals surface area (Å²) in [5.41, 5.74) is 0.723. The number of rotatable bonds is 12. The number of nitrogens with one attached hydrogen (secondary N) is 2. The van der Waals surface area contributed by atoms with Crippen LogP contribution in [-0.2, 0) is 26.3 Å². The smallest absolute Gasteiger partial charge is 0.266 e. The van der Waals surface area contributed by atoms with Crippen molar-refractivity contribution in [1.82, 2.24) is 10.3 Å². The predicted molar refractivity (Wildman–Crippen MR) is 137 cm³/mol. The summed E-state index contributed by atoms with van der Waals surface area (Å²) in [4.78, 5) is 3.19. The Balaban J connectivity index is 1.72. The van der Waals surface area contributed by atoms with Crippen LogP contribution in [0.5, 0.6) is 11.5 Å². The molecule has 190 valence electrons. The number of sulfonamides is 1. The van der Waals surface area contributed by atoms with Gasteiger partial charge in [0.15, 0.2) is 5.13 Å². The second-order valence-electron chi connectivity index (χ2n) is 7.49. The highest BCUT2D eigenvalue weighted by Crippen LogP contribution is 2.36. The molecule has 0 saturated heterocycles. The first-order valence-corrected chi connectivity index (χ1v) is 15.4. The van der Waals surface area contributed by atoms with Crippen molar-refractivity contribution in [1.29, 1.82) is 0 Å². The minimum Gasteiger partial charge on any atom is -0.455 e. The van der Waals surface area contributed by atoms with Gasteiger partial charge in [0, 0.05) is 35.5 Å². The predicted octanol–water partition coefficient (Wildman–Crippen LogP) is 4.75. The third-order valence-electron chi connectivity index (χ3n) is 4.62. The van der Waals surface area contributed by atoms with Crippen molar-refractivity contribution in [2.75, 3.05) is 29.8 Å². The summed E-state index contributed by atoms with van der Waals surface area (Å²) in [6.45, 7) is 0.912. The highest BCUT2D eigenvalue weighted by molar-refractivity contribution is 7.93. The molecule has 0 atom stereocenters. The number of hydrogen-bond donors (Lipinski definition) is 2. The number of aromatic nitrogens is 1. The Morgan fingerprint density at radius 1 is 1.09 bits per heavy atom. The summed E-state index contributed by atoms with van der Waals surface area (Å²) in [7, 11) is -7.28. The Morgan fingerprint density at radius 2 is 1.86 bits per heavy atom. The zero-order valence-corrected chi connectivity index (χ0v) is 22.4. The Hall–Kier alpha value is -1.96. The maximum atomic E-state index is 14.8. The third kappa shape index (κ3) is 8.29. The average molecular weight is 583 g/mol. The molecule has 35 heavy (non-hydrogen) atoms. The lowest BCUT2D eigenvalue weighted by Crippen LogP contribution is -2.23. The molecule has 0 aliphatic rings. The lowest BCUT2D eigenvalue weighted by atomic mass is 10.1. The zero-order chi connectivity index (χ0) is 25.6. The Morgan fingerprint density at radius 3 is 2.54 bits per heavy atom. The van der Waals surface area contributed by atoms with Crippen LogP contribution in [0.2, 0.25) is 10.0 Å². The number of thiazole rings is 1. The number of nitrogens with zero attached hydrogens (tertiary/aromatic N) is 1. The maximum Gasteiger partial charge on any atom is 0.266 e. The monoisotopic (exact) mass is 581 g/mol. The van der Waals surface area contributed by atoms with Crippen LogP contribution in [0.4, 0.5) is 9.52 Å². The van der Waals surface area contributed by atoms with Gasteiger partial charge in [-0.15, -0.1) is 11.3 Å². The first-order chi connectivity index (χ1) is 16.4. The second kappa shape index (κ2) is 11.8. The summed E-state index contributed by atoms with van der Waals surface area (Å²) in [5, 5.41) is 5.10. The van der Waals surface area contributed by atoms with E-state index in [1.807, 2.05) is 0 Å². The van der Waals surface area contributed by atoms with Crippen molar-refractivity contribution in [3.63, 3.8) is 0 Å². The van der Waals surface area contributed by atoms with Crippen LogP contribution in [0.15, 0.2) is 46.8 Å². The van der Waals surface area contributed by atoms with Gasteiger partial charge < -0.3 is 10.1 Å². The molecule has 0 bridgehead atoms. The van der Waals surface area contributed by atoms with Crippen LogP contribution in [0.25, 0.3) is 0 Å². The molecule has 0 amide bonds. The molecular formula is C21H22Cl2FN3O5S3. The first kappa shape index (κ1) is 27.6. The summed E-state index contributed by atoms with van der Waals surface area (Å²) >= 11 is 13.4. The van der Waals surface area contributed by atoms with Gasteiger partial charge in [-0.05, 0) is 49.2 Å². The Bertz CT molecular complexity index is 1390. The Labute approximate surface area is 217 Å². The molecule has 3 aromatic rings. The molecular weight excluding hydrogens is 560 g/mol. The lowest BCUT2D eigenvalue weighted by Gasteiger charge is -2.14. The van der Waals surface area contributed by atoms with Gasteiger partial charge in [0.05, 0.1) is 10.8 Å². The van der Waals surface area contributed by atoms with E-state index in [1.165, 1.54) is 12.5 Å². The van der Waals surface area contributed by atoms with E-state index in [-0.39, 0.29) is 21.7 Å². The van der Waals surface area contributed by atoms with E-state index in [9.17, 15) is 21.2 Å². The SMILES string of the molecule is CS(=O)(=O)CCNCCCc1cc(Cl)ccc1Oc1cc(F)c(S(=O)(=O)Nc2nccs2)cc1Cl. The standard InChI is InChI=1S/C21H22Cl2FN3O5S3/c1-34(28,29)10-8-25-6-2-3-14-11-15(22)4-5-18(14)32-19-13-17(24)20(12-16(19)23)35(30,31)27-21-26-7-9-33-21/h4-5,7,9,11-13,25H,2-3,6,8,10H2,1H3,(H,26,27). The van der Waals surface area contributed by atoms with E-state index in [4.69, 9.17) is 27.9 Å². The van der Waals surface area contributed by atoms with Gasteiger partial charge in [0.25, 0.3) is 10.0 Å². The van der Waals surface area contributed by atoms with E-state index in [2.05, 4.69) is 15.0 Å². The summed E-state index contributed by atoms with van der Waals surface area (Å²) in [5.74, 6) is -0.678. The molecule has 0 fully saturated rings. The number of aryl methyl sites for hydroxylation is 1. The molecule has 0 saturated carbocycles. The van der Waals surface area contributed by atoms with Crippen LogP contribution in [0, 0.1) is 5.82 Å². The molecule has 0 radical (unpaired) electrons. The number of halogens is 3. The van der Waals surface area contributed by atoms with Gasteiger partial charge in [-0.1, -0.05) is 23.2 Å². The number of ether oxygens (including phenoxy) is 1. The van der Waals surface area contributed by atoms with Crippen LogP contribution in [0.3, 0.4) is 0 Å². The molecule has 0 aliphatic carbocycles. The lowest BCUT2D eigenvalue weighted by molar-refractivity contribution is 0.466. The van der Waals surface area contributed by atoms with Crippen LogP contribution in [-0.4, -0.2) is 46.9 Å². The average Bonchev–Trinajstić information content (AvgIpc) is 3.26. The Kier molecular flexibility index (Phi) is 9.35. The van der Waals surface area contributed by atoms with E-state index >= 15 is 0 Å². The molecule has 1 heterocycles. The molecule has 8 nitrogen and oxygen atoms in total. The van der Waals surface area contributed by atoms with Gasteiger partial charge in [0.2, 0.25) is 0 Å². The van der Waals surface area contributed by atoms with Crippen molar-refractivity contribution >= 4 is 59.5 Å². The topological polar surface area (TPSA) is 114 Å². The van der Waals surface area contributed by atoms with Gasteiger partial charge in [0.1, 0.15) is 32.0 Å². The quantitative estimate of drug-likeness (QED) is 0.296. The second-order valence-corrected chi connectivity index (χ2v) is 13.1. The number of anilines is 1. The van der Waals surface area contributed by atoms with E-state index in [0.29, 0.717) is 36.7 Å². The van der Waals surface area contributed by atoms with E-state index < -0.39 is 30.6 Å². The highest BCUT2D eigenvalue weighted by atomic mass is 35.5. The zero-order valence-electron chi connectivity index (χ0n) is 18.4. The largest absolute Gasteiger partial charge is 0.455 e. The van der Waals surface area contributed by atoms with Gasteiger partial charge in [-0.3, -0.25) is 4.72 Å². The van der Waals surface area contributed by atoms with Crippen LogP contribution >= 0.6 is 34.5 Å². The number of sulfone groups is 1. The minimum absolute atomic E-state index is 0.0493. The van der Waals surface area contributed by atoms with Crippen LogP contribution in [0.1, 0.15) is 12.0 Å². The van der Waals surface area contributed by atoms with Crippen molar-refractivity contribution in [3.05, 3.63) is 63.3 Å². The van der Waals surface area contributed by atoms with Crippen molar-refractivity contribution in [2.24, 2.45) is 0 Å². The normalized spacial score (nSPS) is 12.0. The molecule has 2 N–H and O–H groups in total. The highest BCUT2D eigenvalue weighted by Gasteiger charge is 2.23. The van der Waals surface area contributed by atoms with Crippen molar-refractivity contribution in [3.8, 4) is 11.5 Å². The van der Waals surface area contributed by atoms with E-state index in [1.54, 1.807) is 23.6 Å². The van der Waals surface area contributed by atoms with Crippen LogP contribution < -0.4 is 14.8 Å². The fraction of sp³-hybridized carbons (Fsp3) is 0.286. The summed E-state index contributed by atoms with van der Waals surface area (Å²) in [6.07, 6.45) is 3.78. The fourth-order valence-electron chi connectivity index (χ4n) is 2.99. The molecule has 0 aliphatic heterocycles. The van der Waals surface area contributed by atoms with E-state index in [0.717, 1.165) is 29.0 Å². The molecule has 14 heteroatoms. The molecule has 0 unspecified atom stereocenters. The molecule has 3 rings (SSSR count). The summed E-state index contributed by atoms with van der Waals surface area (Å²) < 4.78 is 70.3. The van der Waals surface area contributed by atoms with Gasteiger partial charge in [-0.2, -0.15) is 0 Å². The number of hydrogen-bond acceptors (Lipinski definition) is 8. The minimum atomic E-state index is -4.25.